The fourth-order valence-electron chi connectivity index (χ4n) is 0.772. The second-order valence-electron chi connectivity index (χ2n) is 2.17. The van der Waals surface area contributed by atoms with Crippen LogP contribution in [0, 0.1) is 0 Å². The van der Waals surface area contributed by atoms with Crippen LogP contribution in [0.4, 0.5) is 0 Å². The van der Waals surface area contributed by atoms with Gasteiger partial charge in [-0.1, -0.05) is 30.4 Å². The lowest BCUT2D eigenvalue weighted by Crippen LogP contribution is -2.13. The van der Waals surface area contributed by atoms with Gasteiger partial charge in [-0.15, -0.1) is 0 Å². The van der Waals surface area contributed by atoms with E-state index in [4.69, 9.17) is 0 Å². The summed E-state index contributed by atoms with van der Waals surface area (Å²) >= 11 is 2.88. The number of carbonyl (C=O) groups is 1. The van der Waals surface area contributed by atoms with Crippen molar-refractivity contribution in [3.05, 3.63) is 48.1 Å². The van der Waals surface area contributed by atoms with Gasteiger partial charge in [0.1, 0.15) is 0 Å². The molecular formula is C9H8BrNO. The molecule has 1 amide bonds. The van der Waals surface area contributed by atoms with Gasteiger partial charge in [-0.25, -0.2) is 0 Å². The summed E-state index contributed by atoms with van der Waals surface area (Å²) in [5.74, 6) is -0.147. The number of rotatable bonds is 1. The van der Waals surface area contributed by atoms with Crippen LogP contribution in [0.25, 0.3) is 0 Å². The number of allylic oxidation sites excluding steroid dienone is 6. The summed E-state index contributed by atoms with van der Waals surface area (Å²) in [6.45, 7) is 0. The summed E-state index contributed by atoms with van der Waals surface area (Å²) in [4.78, 5) is 11.1. The minimum Gasteiger partial charge on any atom is -0.289 e. The van der Waals surface area contributed by atoms with Gasteiger partial charge < -0.3 is 0 Å². The van der Waals surface area contributed by atoms with E-state index in [1.807, 2.05) is 30.4 Å². The molecule has 0 spiro atoms. The van der Waals surface area contributed by atoms with Crippen LogP contribution in [-0.2, 0) is 4.79 Å². The molecule has 1 rings (SSSR count). The number of hydrogen-bond acceptors (Lipinski definition) is 1. The third-order valence-corrected chi connectivity index (χ3v) is 1.70. The zero-order valence-electron chi connectivity index (χ0n) is 6.33. The standard InChI is InChI=1S/C9H8BrNO/c10-11-9(12)8-6-4-2-1-3-5-7-8/h1-7H,(H,11,12)/b2-1-,3-1?,4-2?,5-3-,6-4?,7-5?,8-6?,8-7?. The molecule has 0 bridgehead atoms. The highest BCUT2D eigenvalue weighted by atomic mass is 79.9. The first-order chi connectivity index (χ1) is 5.84. The molecule has 1 N–H and O–H groups in total. The molecule has 2 nitrogen and oxygen atoms in total. The van der Waals surface area contributed by atoms with Crippen molar-refractivity contribution >= 4 is 22.1 Å². The summed E-state index contributed by atoms with van der Waals surface area (Å²) in [5, 5.41) is 0. The van der Waals surface area contributed by atoms with E-state index in [0.29, 0.717) is 5.57 Å². The third kappa shape index (κ3) is 2.51. The van der Waals surface area contributed by atoms with Crippen LogP contribution in [0.5, 0.6) is 0 Å². The quantitative estimate of drug-likeness (QED) is 0.681. The molecule has 0 saturated heterocycles. The molecule has 0 aromatic carbocycles. The molecule has 12 heavy (non-hydrogen) atoms. The first-order valence-electron chi connectivity index (χ1n) is 3.47. The van der Waals surface area contributed by atoms with Crippen LogP contribution in [0.1, 0.15) is 0 Å². The lowest BCUT2D eigenvalue weighted by molar-refractivity contribution is -0.115. The van der Waals surface area contributed by atoms with Crippen molar-refractivity contribution in [1.29, 1.82) is 0 Å². The Hall–Kier alpha value is -1.09. The topological polar surface area (TPSA) is 29.1 Å². The van der Waals surface area contributed by atoms with Crippen molar-refractivity contribution < 1.29 is 4.79 Å². The monoisotopic (exact) mass is 225 g/mol. The van der Waals surface area contributed by atoms with Crippen molar-refractivity contribution in [3.8, 4) is 0 Å². The van der Waals surface area contributed by atoms with E-state index in [1.54, 1.807) is 12.2 Å². The zero-order valence-corrected chi connectivity index (χ0v) is 7.91. The second kappa shape index (κ2) is 4.72. The zero-order chi connectivity index (χ0) is 8.81. The molecular weight excluding hydrogens is 218 g/mol. The Kier molecular flexibility index (Phi) is 3.54. The maximum absolute atomic E-state index is 11.1. The number of halogens is 1. The van der Waals surface area contributed by atoms with E-state index < -0.39 is 0 Å². The summed E-state index contributed by atoms with van der Waals surface area (Å²) < 4.78 is 2.38. The molecule has 1 aliphatic carbocycles. The predicted molar refractivity (Wildman–Crippen MR) is 52.6 cm³/mol. The Morgan fingerprint density at radius 3 is 2.58 bits per heavy atom. The van der Waals surface area contributed by atoms with Crippen LogP contribution in [0.2, 0.25) is 0 Å². The lowest BCUT2D eigenvalue weighted by Gasteiger charge is -1.97. The van der Waals surface area contributed by atoms with Gasteiger partial charge in [0.05, 0.1) is 0 Å². The summed E-state index contributed by atoms with van der Waals surface area (Å²) in [6.07, 6.45) is 12.8. The second-order valence-corrected chi connectivity index (χ2v) is 2.57. The first-order valence-corrected chi connectivity index (χ1v) is 4.26. The van der Waals surface area contributed by atoms with E-state index >= 15 is 0 Å². The number of carbonyl (C=O) groups excluding carboxylic acids is 1. The highest BCUT2D eigenvalue weighted by Gasteiger charge is 2.01. The SMILES string of the molecule is O=C(NBr)C1=C/C=C\C=C/C=C1. The predicted octanol–water partition coefficient (Wildman–Crippen LogP) is 2.02. The third-order valence-electron chi connectivity index (χ3n) is 1.34. The van der Waals surface area contributed by atoms with Crippen molar-refractivity contribution in [2.24, 2.45) is 0 Å². The van der Waals surface area contributed by atoms with Gasteiger partial charge in [0.2, 0.25) is 0 Å². The molecule has 0 saturated carbocycles. The molecule has 0 aromatic rings. The maximum Gasteiger partial charge on any atom is 0.261 e. The van der Waals surface area contributed by atoms with Gasteiger partial charge in [0.25, 0.3) is 5.91 Å². The number of hydrogen-bond donors (Lipinski definition) is 1. The Bertz CT molecular complexity index is 287. The van der Waals surface area contributed by atoms with E-state index in [1.165, 1.54) is 0 Å². The van der Waals surface area contributed by atoms with Crippen LogP contribution in [-0.4, -0.2) is 5.91 Å². The molecule has 0 aromatic heterocycles. The van der Waals surface area contributed by atoms with E-state index in [2.05, 4.69) is 20.5 Å². The molecule has 0 atom stereocenters. The minimum absolute atomic E-state index is 0.147. The summed E-state index contributed by atoms with van der Waals surface area (Å²) in [5.41, 5.74) is 0.618. The fourth-order valence-corrected chi connectivity index (χ4v) is 1.00. The van der Waals surface area contributed by atoms with Crippen LogP contribution < -0.4 is 4.34 Å². The highest BCUT2D eigenvalue weighted by Crippen LogP contribution is 2.01. The molecule has 0 fully saturated rings. The van der Waals surface area contributed by atoms with Crippen molar-refractivity contribution in [2.45, 2.75) is 0 Å². The Balaban J connectivity index is 2.82. The van der Waals surface area contributed by atoms with Gasteiger partial charge in [-0.3, -0.25) is 9.14 Å². The summed E-state index contributed by atoms with van der Waals surface area (Å²) in [7, 11) is 0. The van der Waals surface area contributed by atoms with Gasteiger partial charge in [-0.2, -0.15) is 0 Å². The Morgan fingerprint density at radius 1 is 1.17 bits per heavy atom. The van der Waals surface area contributed by atoms with Gasteiger partial charge in [0, 0.05) is 21.7 Å². The van der Waals surface area contributed by atoms with Crippen LogP contribution >= 0.6 is 16.1 Å². The molecule has 0 heterocycles. The Labute approximate surface area is 79.7 Å². The van der Waals surface area contributed by atoms with E-state index in [0.717, 1.165) is 0 Å². The minimum atomic E-state index is -0.147. The average molecular weight is 226 g/mol. The fraction of sp³-hybridized carbons (Fsp3) is 0. The first kappa shape index (κ1) is 9.00. The lowest BCUT2D eigenvalue weighted by atomic mass is 10.2. The molecule has 0 aliphatic heterocycles. The van der Waals surface area contributed by atoms with Crippen LogP contribution in [0.15, 0.2) is 48.1 Å². The normalized spacial score (nSPS) is 20.2. The van der Waals surface area contributed by atoms with Crippen molar-refractivity contribution in [3.63, 3.8) is 0 Å². The average Bonchev–Trinajstić information content (AvgIpc) is 2.02. The van der Waals surface area contributed by atoms with Gasteiger partial charge >= 0.3 is 0 Å². The molecule has 0 unspecified atom stereocenters. The smallest absolute Gasteiger partial charge is 0.261 e. The molecule has 62 valence electrons. The molecule has 0 radical (unpaired) electrons. The largest absolute Gasteiger partial charge is 0.289 e. The van der Waals surface area contributed by atoms with Gasteiger partial charge in [0.15, 0.2) is 0 Å². The molecule has 1 aliphatic rings. The summed E-state index contributed by atoms with van der Waals surface area (Å²) in [6, 6.07) is 0. The van der Waals surface area contributed by atoms with Crippen molar-refractivity contribution in [2.75, 3.05) is 0 Å². The van der Waals surface area contributed by atoms with Gasteiger partial charge in [-0.05, 0) is 12.2 Å². The van der Waals surface area contributed by atoms with E-state index in [9.17, 15) is 4.79 Å². The highest BCUT2D eigenvalue weighted by molar-refractivity contribution is 9.08. The number of nitrogens with one attached hydrogen (secondary N) is 1. The van der Waals surface area contributed by atoms with E-state index in [-0.39, 0.29) is 5.91 Å². The van der Waals surface area contributed by atoms with Crippen molar-refractivity contribution in [1.82, 2.24) is 4.34 Å². The molecule has 3 heteroatoms. The van der Waals surface area contributed by atoms with Crippen LogP contribution in [0.3, 0.4) is 0 Å². The maximum atomic E-state index is 11.1. The number of amides is 1. The Morgan fingerprint density at radius 2 is 1.83 bits per heavy atom.